The molecule has 0 amide bonds. The number of hydrogen-bond acceptors (Lipinski definition) is 4. The van der Waals surface area contributed by atoms with Gasteiger partial charge in [-0.15, -0.1) is 5.10 Å². The van der Waals surface area contributed by atoms with Crippen molar-refractivity contribution in [2.24, 2.45) is 0 Å². The maximum atomic E-state index is 11.4. The molecule has 0 saturated heterocycles. The molecule has 0 N–H and O–H groups in total. The van der Waals surface area contributed by atoms with Gasteiger partial charge in [-0.1, -0.05) is 31.4 Å². The van der Waals surface area contributed by atoms with Gasteiger partial charge in [0.15, 0.2) is 11.5 Å². The van der Waals surface area contributed by atoms with E-state index in [0.29, 0.717) is 5.69 Å². The van der Waals surface area contributed by atoms with E-state index >= 15 is 0 Å². The molecule has 0 unspecified atom stereocenters. The van der Waals surface area contributed by atoms with Gasteiger partial charge < -0.3 is 4.74 Å². The van der Waals surface area contributed by atoms with Gasteiger partial charge in [-0.05, 0) is 37.6 Å². The van der Waals surface area contributed by atoms with E-state index in [4.69, 9.17) is 4.74 Å². The number of rotatable bonds is 8. The first-order chi connectivity index (χ1) is 10.6. The van der Waals surface area contributed by atoms with Crippen LogP contribution in [0.15, 0.2) is 24.3 Å². The summed E-state index contributed by atoms with van der Waals surface area (Å²) in [5.41, 5.74) is 2.04. The summed E-state index contributed by atoms with van der Waals surface area (Å²) in [4.78, 5) is 11.4. The predicted octanol–water partition coefficient (Wildman–Crippen LogP) is 3.74. The van der Waals surface area contributed by atoms with Crippen molar-refractivity contribution in [2.75, 3.05) is 6.61 Å². The normalized spacial score (nSPS) is 10.7. The van der Waals surface area contributed by atoms with Gasteiger partial charge in [-0.25, -0.2) is 4.68 Å². The van der Waals surface area contributed by atoms with Crippen LogP contribution in [-0.2, 0) is 0 Å². The fraction of sp³-hybridized carbons (Fsp3) is 0.471. The third-order valence-corrected chi connectivity index (χ3v) is 3.58. The number of Topliss-reactive ketones (excluding diaryl/α,β-unsaturated/α-hetero) is 1. The third-order valence-electron chi connectivity index (χ3n) is 3.58. The number of hydrogen-bond donors (Lipinski definition) is 0. The van der Waals surface area contributed by atoms with Gasteiger partial charge in [0.05, 0.1) is 18.0 Å². The van der Waals surface area contributed by atoms with Crippen molar-refractivity contribution in [3.8, 4) is 11.4 Å². The molecule has 118 valence electrons. The van der Waals surface area contributed by atoms with Crippen molar-refractivity contribution in [2.45, 2.75) is 46.5 Å². The zero-order chi connectivity index (χ0) is 15.9. The average molecular weight is 301 g/mol. The standard InChI is InChI=1S/C17H23N3O2/c1-4-5-6-7-12-22-16-10-8-15(9-11-16)20-13(2)17(14(3)21)18-19-20/h8-11H,4-7,12H2,1-3H3. The van der Waals surface area contributed by atoms with E-state index in [-0.39, 0.29) is 5.78 Å². The van der Waals surface area contributed by atoms with E-state index in [2.05, 4.69) is 17.2 Å². The molecule has 0 radical (unpaired) electrons. The predicted molar refractivity (Wildman–Crippen MR) is 85.7 cm³/mol. The van der Waals surface area contributed by atoms with Gasteiger partial charge in [0.25, 0.3) is 0 Å². The lowest BCUT2D eigenvalue weighted by Gasteiger charge is -2.08. The quantitative estimate of drug-likeness (QED) is 0.550. The van der Waals surface area contributed by atoms with Crippen molar-refractivity contribution >= 4 is 5.78 Å². The largest absolute Gasteiger partial charge is 0.494 e. The number of unbranched alkanes of at least 4 members (excludes halogenated alkanes) is 3. The monoisotopic (exact) mass is 301 g/mol. The van der Waals surface area contributed by atoms with Crippen LogP contribution in [-0.4, -0.2) is 27.4 Å². The lowest BCUT2D eigenvalue weighted by molar-refractivity contribution is 0.101. The molecule has 0 bridgehead atoms. The van der Waals surface area contributed by atoms with Gasteiger partial charge in [-0.2, -0.15) is 0 Å². The van der Waals surface area contributed by atoms with Crippen molar-refractivity contribution < 1.29 is 9.53 Å². The average Bonchev–Trinajstić information content (AvgIpc) is 2.89. The summed E-state index contributed by atoms with van der Waals surface area (Å²) in [6.45, 7) is 6.28. The Bertz CT molecular complexity index is 617. The Balaban J connectivity index is 1.98. The fourth-order valence-electron chi connectivity index (χ4n) is 2.30. The molecule has 5 heteroatoms. The second-order valence-corrected chi connectivity index (χ2v) is 5.39. The highest BCUT2D eigenvalue weighted by Gasteiger charge is 2.13. The molecule has 2 rings (SSSR count). The highest BCUT2D eigenvalue weighted by molar-refractivity contribution is 5.93. The molecule has 1 aromatic heterocycles. The van der Waals surface area contributed by atoms with Crippen molar-refractivity contribution in [3.63, 3.8) is 0 Å². The Kier molecular flexibility index (Phi) is 5.69. The van der Waals surface area contributed by atoms with Gasteiger partial charge in [0.2, 0.25) is 0 Å². The van der Waals surface area contributed by atoms with E-state index in [1.165, 1.54) is 26.2 Å². The van der Waals surface area contributed by atoms with Crippen molar-refractivity contribution in [1.82, 2.24) is 15.0 Å². The zero-order valence-corrected chi connectivity index (χ0v) is 13.5. The van der Waals surface area contributed by atoms with Crippen LogP contribution in [0.5, 0.6) is 5.75 Å². The molecule has 1 aromatic carbocycles. The summed E-state index contributed by atoms with van der Waals surface area (Å²) >= 11 is 0. The van der Waals surface area contributed by atoms with Gasteiger partial charge in [0.1, 0.15) is 5.75 Å². The highest BCUT2D eigenvalue weighted by Crippen LogP contribution is 2.17. The smallest absolute Gasteiger partial charge is 0.181 e. The summed E-state index contributed by atoms with van der Waals surface area (Å²) < 4.78 is 7.39. The Morgan fingerprint density at radius 1 is 1.18 bits per heavy atom. The molecule has 0 aliphatic heterocycles. The van der Waals surface area contributed by atoms with Crippen molar-refractivity contribution in [3.05, 3.63) is 35.7 Å². The van der Waals surface area contributed by atoms with Crippen LogP contribution in [0.3, 0.4) is 0 Å². The fourth-order valence-corrected chi connectivity index (χ4v) is 2.30. The summed E-state index contributed by atoms with van der Waals surface area (Å²) in [5.74, 6) is 0.778. The summed E-state index contributed by atoms with van der Waals surface area (Å²) in [5, 5.41) is 7.96. The van der Waals surface area contributed by atoms with Crippen LogP contribution in [0.4, 0.5) is 0 Å². The molecule has 0 fully saturated rings. The van der Waals surface area contributed by atoms with E-state index in [1.807, 2.05) is 31.2 Å². The second kappa shape index (κ2) is 7.73. The first-order valence-corrected chi connectivity index (χ1v) is 7.80. The Morgan fingerprint density at radius 3 is 2.50 bits per heavy atom. The first kappa shape index (κ1) is 16.2. The molecule has 0 aliphatic carbocycles. The highest BCUT2D eigenvalue weighted by atomic mass is 16.5. The van der Waals surface area contributed by atoms with E-state index in [0.717, 1.165) is 30.2 Å². The second-order valence-electron chi connectivity index (χ2n) is 5.39. The summed E-state index contributed by atoms with van der Waals surface area (Å²) in [7, 11) is 0. The molecule has 2 aromatic rings. The van der Waals surface area contributed by atoms with Gasteiger partial charge in [-0.3, -0.25) is 4.79 Å². The number of nitrogens with zero attached hydrogens (tertiary/aromatic N) is 3. The van der Waals surface area contributed by atoms with Crippen LogP contribution in [0.1, 0.15) is 55.7 Å². The lowest BCUT2D eigenvalue weighted by atomic mass is 10.2. The maximum Gasteiger partial charge on any atom is 0.181 e. The number of carbonyl (C=O) groups is 1. The molecule has 0 spiro atoms. The van der Waals surface area contributed by atoms with E-state index in [9.17, 15) is 4.79 Å². The summed E-state index contributed by atoms with van der Waals surface area (Å²) in [6, 6.07) is 7.69. The number of ether oxygens (including phenoxy) is 1. The minimum Gasteiger partial charge on any atom is -0.494 e. The van der Waals surface area contributed by atoms with Gasteiger partial charge >= 0.3 is 0 Å². The van der Waals surface area contributed by atoms with Crippen LogP contribution >= 0.6 is 0 Å². The molecule has 0 aliphatic rings. The molecule has 5 nitrogen and oxygen atoms in total. The van der Waals surface area contributed by atoms with Crippen molar-refractivity contribution in [1.29, 1.82) is 0 Å². The first-order valence-electron chi connectivity index (χ1n) is 7.80. The number of benzene rings is 1. The van der Waals surface area contributed by atoms with Crippen LogP contribution in [0.2, 0.25) is 0 Å². The lowest BCUT2D eigenvalue weighted by Crippen LogP contribution is -2.02. The number of aromatic nitrogens is 3. The molecule has 0 saturated carbocycles. The van der Waals surface area contributed by atoms with E-state index in [1.54, 1.807) is 4.68 Å². The van der Waals surface area contributed by atoms with E-state index < -0.39 is 0 Å². The summed E-state index contributed by atoms with van der Waals surface area (Å²) in [6.07, 6.45) is 4.78. The van der Waals surface area contributed by atoms with Crippen LogP contribution < -0.4 is 4.74 Å². The topological polar surface area (TPSA) is 57.0 Å². The molecular weight excluding hydrogens is 278 g/mol. The molecular formula is C17H23N3O2. The molecule has 22 heavy (non-hydrogen) atoms. The van der Waals surface area contributed by atoms with Crippen LogP contribution in [0.25, 0.3) is 5.69 Å². The molecule has 0 atom stereocenters. The SMILES string of the molecule is CCCCCCOc1ccc(-n2nnc(C(C)=O)c2C)cc1. The minimum atomic E-state index is -0.0733. The zero-order valence-electron chi connectivity index (χ0n) is 13.5. The Labute approximate surface area is 131 Å². The Hall–Kier alpha value is -2.17. The Morgan fingerprint density at radius 2 is 1.91 bits per heavy atom. The van der Waals surface area contributed by atoms with Crippen LogP contribution in [0, 0.1) is 6.92 Å². The molecule has 1 heterocycles. The third kappa shape index (κ3) is 3.93. The maximum absolute atomic E-state index is 11.4. The van der Waals surface area contributed by atoms with Gasteiger partial charge in [0, 0.05) is 6.92 Å². The number of carbonyl (C=O) groups excluding carboxylic acids is 1. The number of ketones is 1. The minimum absolute atomic E-state index is 0.0733.